The van der Waals surface area contributed by atoms with E-state index in [1.165, 1.54) is 12.1 Å². The van der Waals surface area contributed by atoms with Gasteiger partial charge in [-0.2, -0.15) is 0 Å². The number of rotatable bonds is 4. The Hall–Kier alpha value is -3.02. The molecule has 0 radical (unpaired) electrons. The molecule has 1 N–H and O–H groups in total. The Kier molecular flexibility index (Phi) is 4.14. The monoisotopic (exact) mass is 311 g/mol. The molecule has 116 valence electrons. The fraction of sp³-hybridized carbons (Fsp3) is 0.118. The van der Waals surface area contributed by atoms with E-state index < -0.39 is 11.7 Å². The second-order valence-corrected chi connectivity index (χ2v) is 4.96. The molecule has 0 saturated carbocycles. The smallest absolute Gasteiger partial charge is 0.274 e. The Balaban J connectivity index is 1.85. The maximum absolute atomic E-state index is 13.9. The summed E-state index contributed by atoms with van der Waals surface area (Å²) < 4.78 is 19.1. The lowest BCUT2D eigenvalue weighted by Crippen LogP contribution is -2.27. The summed E-state index contributed by atoms with van der Waals surface area (Å²) in [5, 5.41) is 2.78. The Labute approximate surface area is 132 Å². The zero-order chi connectivity index (χ0) is 16.2. The molecule has 5 nitrogen and oxygen atoms in total. The molecule has 2 heterocycles. The molecule has 0 aliphatic carbocycles. The van der Waals surface area contributed by atoms with Crippen LogP contribution in [0.5, 0.6) is 0 Å². The average molecular weight is 311 g/mol. The van der Waals surface area contributed by atoms with Crippen LogP contribution in [-0.2, 0) is 0 Å². The first-order valence-electron chi connectivity index (χ1n) is 7.07. The highest BCUT2D eigenvalue weighted by atomic mass is 19.1. The van der Waals surface area contributed by atoms with Crippen LogP contribution in [0, 0.1) is 5.82 Å². The minimum atomic E-state index is -0.476. The summed E-state index contributed by atoms with van der Waals surface area (Å²) in [6.45, 7) is 1.81. The van der Waals surface area contributed by atoms with Crippen LogP contribution in [0.4, 0.5) is 4.39 Å². The molecule has 0 aliphatic rings. The Morgan fingerprint density at radius 2 is 1.96 bits per heavy atom. The zero-order valence-corrected chi connectivity index (χ0v) is 12.4. The first-order valence-corrected chi connectivity index (χ1v) is 7.07. The van der Waals surface area contributed by atoms with Gasteiger partial charge >= 0.3 is 0 Å². The van der Waals surface area contributed by atoms with Crippen LogP contribution < -0.4 is 5.32 Å². The third-order valence-corrected chi connectivity index (χ3v) is 3.38. The number of oxazole rings is 1. The standard InChI is InChI=1S/C17H14FN3O2/c1-11(14-8-4-5-9-19-14)21-17(22)15-16(23-10-20-15)12-6-2-3-7-13(12)18/h2-11H,1H3,(H,21,22). The van der Waals surface area contributed by atoms with E-state index in [1.807, 2.05) is 19.1 Å². The number of nitrogens with one attached hydrogen (secondary N) is 1. The number of amides is 1. The van der Waals surface area contributed by atoms with Gasteiger partial charge in [0.15, 0.2) is 17.8 Å². The summed E-state index contributed by atoms with van der Waals surface area (Å²) in [5.74, 6) is -0.819. The number of hydrogen-bond donors (Lipinski definition) is 1. The molecule has 1 amide bonds. The Bertz CT molecular complexity index is 817. The molecule has 23 heavy (non-hydrogen) atoms. The van der Waals surface area contributed by atoms with Crippen molar-refractivity contribution in [3.8, 4) is 11.3 Å². The van der Waals surface area contributed by atoms with Crippen LogP contribution in [0.3, 0.4) is 0 Å². The number of benzene rings is 1. The number of carbonyl (C=O) groups is 1. The summed E-state index contributed by atoms with van der Waals surface area (Å²) in [7, 11) is 0. The maximum atomic E-state index is 13.9. The van der Waals surface area contributed by atoms with Crippen molar-refractivity contribution in [1.29, 1.82) is 0 Å². The minimum Gasteiger partial charge on any atom is -0.443 e. The highest BCUT2D eigenvalue weighted by Gasteiger charge is 2.22. The van der Waals surface area contributed by atoms with E-state index in [0.717, 1.165) is 12.1 Å². The third-order valence-electron chi connectivity index (χ3n) is 3.38. The average Bonchev–Trinajstić information content (AvgIpc) is 3.05. The molecule has 1 aromatic carbocycles. The fourth-order valence-corrected chi connectivity index (χ4v) is 2.22. The first-order chi connectivity index (χ1) is 11.2. The summed E-state index contributed by atoms with van der Waals surface area (Å²) in [6.07, 6.45) is 2.78. The summed E-state index contributed by atoms with van der Waals surface area (Å²) in [6, 6.07) is 11.2. The van der Waals surface area contributed by atoms with Crippen molar-refractivity contribution >= 4 is 5.91 Å². The molecule has 0 fully saturated rings. The molecular weight excluding hydrogens is 297 g/mol. The van der Waals surface area contributed by atoms with Gasteiger partial charge in [-0.3, -0.25) is 9.78 Å². The maximum Gasteiger partial charge on any atom is 0.274 e. The highest BCUT2D eigenvalue weighted by molar-refractivity contribution is 5.97. The minimum absolute atomic E-state index is 0.0397. The van der Waals surface area contributed by atoms with Gasteiger partial charge in [0.2, 0.25) is 0 Å². The Morgan fingerprint density at radius 1 is 1.17 bits per heavy atom. The van der Waals surface area contributed by atoms with Crippen molar-refractivity contribution in [2.45, 2.75) is 13.0 Å². The molecule has 3 aromatic rings. The molecule has 6 heteroatoms. The first kappa shape index (κ1) is 14.9. The van der Waals surface area contributed by atoms with Crippen molar-refractivity contribution in [3.05, 3.63) is 72.3 Å². The van der Waals surface area contributed by atoms with E-state index in [1.54, 1.807) is 24.4 Å². The van der Waals surface area contributed by atoms with Gasteiger partial charge in [-0.05, 0) is 31.2 Å². The lowest BCUT2D eigenvalue weighted by atomic mass is 10.1. The predicted octanol–water partition coefficient (Wildman–Crippen LogP) is 3.37. The number of hydrogen-bond acceptors (Lipinski definition) is 4. The van der Waals surface area contributed by atoms with Gasteiger partial charge < -0.3 is 9.73 Å². The number of halogens is 1. The molecule has 3 rings (SSSR count). The van der Waals surface area contributed by atoms with Gasteiger partial charge in [-0.1, -0.05) is 18.2 Å². The van der Waals surface area contributed by atoms with E-state index in [4.69, 9.17) is 4.42 Å². The van der Waals surface area contributed by atoms with Crippen LogP contribution in [-0.4, -0.2) is 15.9 Å². The predicted molar refractivity (Wildman–Crippen MR) is 82.0 cm³/mol. The van der Waals surface area contributed by atoms with E-state index in [2.05, 4.69) is 15.3 Å². The van der Waals surface area contributed by atoms with Gasteiger partial charge in [0.25, 0.3) is 5.91 Å². The molecule has 2 aromatic heterocycles. The molecular formula is C17H14FN3O2. The van der Waals surface area contributed by atoms with Crippen LogP contribution in [0.1, 0.15) is 29.1 Å². The number of pyridine rings is 1. The van der Waals surface area contributed by atoms with Gasteiger partial charge in [-0.25, -0.2) is 9.37 Å². The molecule has 1 atom stereocenters. The van der Waals surface area contributed by atoms with E-state index in [9.17, 15) is 9.18 Å². The zero-order valence-electron chi connectivity index (χ0n) is 12.4. The van der Waals surface area contributed by atoms with Gasteiger partial charge in [0, 0.05) is 6.20 Å². The van der Waals surface area contributed by atoms with Gasteiger partial charge in [0.1, 0.15) is 5.82 Å². The Morgan fingerprint density at radius 3 is 2.70 bits per heavy atom. The SMILES string of the molecule is CC(NC(=O)c1ncoc1-c1ccccc1F)c1ccccn1. The van der Waals surface area contributed by atoms with Crippen molar-refractivity contribution < 1.29 is 13.6 Å². The summed E-state index contributed by atoms with van der Waals surface area (Å²) in [4.78, 5) is 20.5. The van der Waals surface area contributed by atoms with E-state index in [0.29, 0.717) is 0 Å². The highest BCUT2D eigenvalue weighted by Crippen LogP contribution is 2.26. The van der Waals surface area contributed by atoms with Crippen molar-refractivity contribution in [3.63, 3.8) is 0 Å². The lowest BCUT2D eigenvalue weighted by Gasteiger charge is -2.12. The number of carbonyl (C=O) groups excluding carboxylic acids is 1. The largest absolute Gasteiger partial charge is 0.443 e. The van der Waals surface area contributed by atoms with Gasteiger partial charge in [0.05, 0.1) is 17.3 Å². The van der Waals surface area contributed by atoms with Crippen molar-refractivity contribution in [1.82, 2.24) is 15.3 Å². The number of aromatic nitrogens is 2. The van der Waals surface area contributed by atoms with Crippen LogP contribution in [0.25, 0.3) is 11.3 Å². The van der Waals surface area contributed by atoms with Crippen LogP contribution in [0.15, 0.2) is 59.5 Å². The molecule has 0 bridgehead atoms. The fourth-order valence-electron chi connectivity index (χ4n) is 2.22. The second-order valence-electron chi connectivity index (χ2n) is 4.96. The topological polar surface area (TPSA) is 68.0 Å². The van der Waals surface area contributed by atoms with E-state index in [-0.39, 0.29) is 23.1 Å². The number of nitrogens with zero attached hydrogens (tertiary/aromatic N) is 2. The van der Waals surface area contributed by atoms with Crippen LogP contribution in [0.2, 0.25) is 0 Å². The summed E-state index contributed by atoms with van der Waals surface area (Å²) in [5.41, 5.74) is 0.954. The van der Waals surface area contributed by atoms with Crippen molar-refractivity contribution in [2.24, 2.45) is 0 Å². The normalized spacial score (nSPS) is 11.9. The van der Waals surface area contributed by atoms with Gasteiger partial charge in [-0.15, -0.1) is 0 Å². The van der Waals surface area contributed by atoms with E-state index >= 15 is 0 Å². The second kappa shape index (κ2) is 6.39. The van der Waals surface area contributed by atoms with Crippen LogP contribution >= 0.6 is 0 Å². The summed E-state index contributed by atoms with van der Waals surface area (Å²) >= 11 is 0. The van der Waals surface area contributed by atoms with Crippen molar-refractivity contribution in [2.75, 3.05) is 0 Å². The molecule has 1 unspecified atom stereocenters. The molecule has 0 spiro atoms. The third kappa shape index (κ3) is 3.11. The quantitative estimate of drug-likeness (QED) is 0.802. The molecule has 0 saturated heterocycles. The lowest BCUT2D eigenvalue weighted by molar-refractivity contribution is 0.0935. The molecule has 0 aliphatic heterocycles.